The van der Waals surface area contributed by atoms with Crippen LogP contribution < -0.4 is 11.1 Å². The Morgan fingerprint density at radius 1 is 1.47 bits per heavy atom. The fraction of sp³-hybridized carbons (Fsp3) is 0.533. The van der Waals surface area contributed by atoms with Crippen molar-refractivity contribution in [1.29, 1.82) is 0 Å². The molecule has 1 amide bonds. The molecule has 1 fully saturated rings. The van der Waals surface area contributed by atoms with Gasteiger partial charge in [-0.1, -0.05) is 37.3 Å². The second kappa shape index (κ2) is 6.68. The molecule has 0 aromatic heterocycles. The Bertz CT molecular complexity index is 407. The van der Waals surface area contributed by atoms with Gasteiger partial charge in [-0.05, 0) is 18.4 Å². The van der Waals surface area contributed by atoms with E-state index in [2.05, 4.69) is 34.5 Å². The highest BCUT2D eigenvalue weighted by molar-refractivity contribution is 5.81. The molecule has 1 aromatic carbocycles. The molecule has 19 heavy (non-hydrogen) atoms. The minimum atomic E-state index is -0.372. The van der Waals surface area contributed by atoms with E-state index in [1.807, 2.05) is 13.0 Å². The fourth-order valence-electron chi connectivity index (χ4n) is 2.43. The molecule has 3 N–H and O–H groups in total. The van der Waals surface area contributed by atoms with Crippen molar-refractivity contribution in [3.8, 4) is 0 Å². The third kappa shape index (κ3) is 4.04. The molecule has 0 spiro atoms. The van der Waals surface area contributed by atoms with Crippen LogP contribution in [0.25, 0.3) is 0 Å². The van der Waals surface area contributed by atoms with E-state index in [1.165, 1.54) is 5.56 Å². The fourth-order valence-corrected chi connectivity index (χ4v) is 2.43. The second-order valence-corrected chi connectivity index (χ2v) is 5.23. The first-order valence-electron chi connectivity index (χ1n) is 7.01. The van der Waals surface area contributed by atoms with Crippen molar-refractivity contribution in [2.24, 2.45) is 5.73 Å². The zero-order valence-corrected chi connectivity index (χ0v) is 11.5. The number of benzene rings is 1. The lowest BCUT2D eigenvalue weighted by atomic mass is 10.2. The number of hydrogen-bond acceptors (Lipinski definition) is 3. The number of carbonyl (C=O) groups excluding carboxylic acids is 1. The Kier molecular flexibility index (Phi) is 4.93. The molecule has 2 rings (SSSR count). The van der Waals surface area contributed by atoms with E-state index in [0.717, 1.165) is 26.1 Å². The van der Waals surface area contributed by atoms with E-state index in [-0.39, 0.29) is 18.0 Å². The highest BCUT2D eigenvalue weighted by atomic mass is 16.2. The minimum absolute atomic E-state index is 0.0194. The summed E-state index contributed by atoms with van der Waals surface area (Å²) in [6.45, 7) is 4.83. The Labute approximate surface area is 115 Å². The van der Waals surface area contributed by atoms with Crippen molar-refractivity contribution in [2.45, 2.75) is 38.4 Å². The molecule has 104 valence electrons. The van der Waals surface area contributed by atoms with Crippen LogP contribution in [0.15, 0.2) is 30.3 Å². The molecule has 0 saturated carbocycles. The number of nitrogens with two attached hydrogens (primary N) is 1. The van der Waals surface area contributed by atoms with Crippen LogP contribution in [0.1, 0.15) is 25.3 Å². The van der Waals surface area contributed by atoms with Crippen LogP contribution >= 0.6 is 0 Å². The van der Waals surface area contributed by atoms with Gasteiger partial charge < -0.3 is 11.1 Å². The van der Waals surface area contributed by atoms with Crippen molar-refractivity contribution in [2.75, 3.05) is 13.1 Å². The molecule has 1 aliphatic rings. The third-order valence-corrected chi connectivity index (χ3v) is 3.64. The predicted molar refractivity (Wildman–Crippen MR) is 76.5 cm³/mol. The summed E-state index contributed by atoms with van der Waals surface area (Å²) in [4.78, 5) is 14.1. The number of hydrogen-bond donors (Lipinski definition) is 2. The zero-order valence-electron chi connectivity index (χ0n) is 11.5. The van der Waals surface area contributed by atoms with Crippen LogP contribution in [0.5, 0.6) is 0 Å². The van der Waals surface area contributed by atoms with Crippen molar-refractivity contribution < 1.29 is 4.79 Å². The van der Waals surface area contributed by atoms with Crippen molar-refractivity contribution in [1.82, 2.24) is 10.2 Å². The molecule has 0 aliphatic carbocycles. The van der Waals surface area contributed by atoms with Crippen molar-refractivity contribution in [3.63, 3.8) is 0 Å². The molecular formula is C15H23N3O. The van der Waals surface area contributed by atoms with Gasteiger partial charge in [-0.25, -0.2) is 0 Å². The largest absolute Gasteiger partial charge is 0.351 e. The zero-order chi connectivity index (χ0) is 13.7. The number of amides is 1. The molecule has 0 bridgehead atoms. The maximum atomic E-state index is 11.7. The average Bonchev–Trinajstić information content (AvgIpc) is 2.86. The lowest BCUT2D eigenvalue weighted by molar-refractivity contribution is -0.123. The summed E-state index contributed by atoms with van der Waals surface area (Å²) in [5, 5.41) is 3.04. The smallest absolute Gasteiger partial charge is 0.237 e. The first kappa shape index (κ1) is 14.0. The Morgan fingerprint density at radius 2 is 2.21 bits per heavy atom. The summed E-state index contributed by atoms with van der Waals surface area (Å²) < 4.78 is 0. The first-order chi connectivity index (χ1) is 9.19. The van der Waals surface area contributed by atoms with Gasteiger partial charge in [0, 0.05) is 25.7 Å². The molecule has 1 aliphatic heterocycles. The van der Waals surface area contributed by atoms with Gasteiger partial charge in [0.25, 0.3) is 0 Å². The van der Waals surface area contributed by atoms with Gasteiger partial charge in [-0.3, -0.25) is 9.69 Å². The van der Waals surface area contributed by atoms with Crippen LogP contribution in [-0.4, -0.2) is 36.0 Å². The summed E-state index contributed by atoms with van der Waals surface area (Å²) in [7, 11) is 0. The molecule has 1 heterocycles. The summed E-state index contributed by atoms with van der Waals surface area (Å²) in [6.07, 6.45) is 1.70. The molecule has 4 nitrogen and oxygen atoms in total. The van der Waals surface area contributed by atoms with Gasteiger partial charge in [0.1, 0.15) is 0 Å². The maximum absolute atomic E-state index is 11.7. The second-order valence-electron chi connectivity index (χ2n) is 5.23. The third-order valence-electron chi connectivity index (χ3n) is 3.64. The Balaban J connectivity index is 1.79. The SMILES string of the molecule is CCC(N)C(=O)NC1CCN(Cc2ccccc2)C1. The normalized spacial score (nSPS) is 21.3. The topological polar surface area (TPSA) is 58.4 Å². The van der Waals surface area contributed by atoms with Crippen LogP contribution in [-0.2, 0) is 11.3 Å². The summed E-state index contributed by atoms with van der Waals surface area (Å²) in [5.41, 5.74) is 7.05. The van der Waals surface area contributed by atoms with Gasteiger partial charge in [0.2, 0.25) is 5.91 Å². The lowest BCUT2D eigenvalue weighted by Crippen LogP contribution is -2.45. The number of nitrogens with one attached hydrogen (secondary N) is 1. The highest BCUT2D eigenvalue weighted by Gasteiger charge is 2.25. The van der Waals surface area contributed by atoms with Gasteiger partial charge in [0.15, 0.2) is 0 Å². The van der Waals surface area contributed by atoms with Crippen molar-refractivity contribution in [3.05, 3.63) is 35.9 Å². The minimum Gasteiger partial charge on any atom is -0.351 e. The molecule has 2 unspecified atom stereocenters. The van der Waals surface area contributed by atoms with Crippen LogP contribution in [0.2, 0.25) is 0 Å². The first-order valence-corrected chi connectivity index (χ1v) is 7.01. The average molecular weight is 261 g/mol. The van der Waals surface area contributed by atoms with Crippen LogP contribution in [0, 0.1) is 0 Å². The van der Waals surface area contributed by atoms with E-state index in [9.17, 15) is 4.79 Å². The van der Waals surface area contributed by atoms with E-state index < -0.39 is 0 Å². The number of rotatable bonds is 5. The monoisotopic (exact) mass is 261 g/mol. The Morgan fingerprint density at radius 3 is 2.89 bits per heavy atom. The van der Waals surface area contributed by atoms with E-state index in [0.29, 0.717) is 6.42 Å². The molecule has 0 radical (unpaired) electrons. The quantitative estimate of drug-likeness (QED) is 0.835. The van der Waals surface area contributed by atoms with Gasteiger partial charge in [-0.2, -0.15) is 0 Å². The highest BCUT2D eigenvalue weighted by Crippen LogP contribution is 2.13. The number of nitrogens with zero attached hydrogens (tertiary/aromatic N) is 1. The van der Waals surface area contributed by atoms with E-state index in [1.54, 1.807) is 0 Å². The predicted octanol–water partition coefficient (Wildman–Crippen LogP) is 1.11. The van der Waals surface area contributed by atoms with Crippen LogP contribution in [0.3, 0.4) is 0 Å². The maximum Gasteiger partial charge on any atom is 0.237 e. The lowest BCUT2D eigenvalue weighted by Gasteiger charge is -2.18. The van der Waals surface area contributed by atoms with Gasteiger partial charge in [-0.15, -0.1) is 0 Å². The van der Waals surface area contributed by atoms with Gasteiger partial charge in [0.05, 0.1) is 6.04 Å². The summed E-state index contributed by atoms with van der Waals surface area (Å²) in [6, 6.07) is 10.3. The standard InChI is InChI=1S/C15H23N3O/c1-2-14(16)15(19)17-13-8-9-18(11-13)10-12-6-4-3-5-7-12/h3-7,13-14H,2,8-11,16H2,1H3,(H,17,19). The summed E-state index contributed by atoms with van der Waals surface area (Å²) >= 11 is 0. The number of likely N-dealkylation sites (tertiary alicyclic amines) is 1. The Hall–Kier alpha value is -1.39. The van der Waals surface area contributed by atoms with E-state index in [4.69, 9.17) is 5.73 Å². The molecule has 1 saturated heterocycles. The molecular weight excluding hydrogens is 238 g/mol. The van der Waals surface area contributed by atoms with E-state index >= 15 is 0 Å². The van der Waals surface area contributed by atoms with Crippen molar-refractivity contribution >= 4 is 5.91 Å². The molecule has 4 heteroatoms. The van der Waals surface area contributed by atoms with Crippen LogP contribution in [0.4, 0.5) is 0 Å². The molecule has 2 atom stereocenters. The number of carbonyl (C=O) groups is 1. The summed E-state index contributed by atoms with van der Waals surface area (Å²) in [5.74, 6) is -0.0194. The van der Waals surface area contributed by atoms with Gasteiger partial charge >= 0.3 is 0 Å². The molecule has 1 aromatic rings.